The Hall–Kier alpha value is -1.15. The van der Waals surface area contributed by atoms with Crippen LogP contribution >= 0.6 is 12.4 Å². The molecule has 1 aromatic heterocycles. The first-order chi connectivity index (χ1) is 5.42. The summed E-state index contributed by atoms with van der Waals surface area (Å²) in [6.07, 6.45) is 1.98. The van der Waals surface area contributed by atoms with Crippen LogP contribution in [0.15, 0.2) is 30.5 Å². The molecule has 0 spiro atoms. The second-order valence-corrected chi connectivity index (χ2v) is 2.50. The van der Waals surface area contributed by atoms with Gasteiger partial charge >= 0.3 is 0 Å². The minimum atomic E-state index is 0. The van der Waals surface area contributed by atoms with E-state index in [4.69, 9.17) is 0 Å². The maximum Gasteiger partial charge on any atom is 0.0595 e. The third-order valence-electron chi connectivity index (χ3n) is 1.86. The van der Waals surface area contributed by atoms with Crippen LogP contribution in [0.3, 0.4) is 0 Å². The van der Waals surface area contributed by atoms with Crippen LogP contribution in [0.1, 0.15) is 0 Å². The van der Waals surface area contributed by atoms with Crippen LogP contribution in [0.5, 0.6) is 0 Å². The Balaban J connectivity index is 0.000000720. The third-order valence-corrected chi connectivity index (χ3v) is 1.86. The lowest BCUT2D eigenvalue weighted by atomic mass is 10.2. The molecule has 12 heavy (non-hydrogen) atoms. The molecule has 0 unspecified atom stereocenters. The van der Waals surface area contributed by atoms with Crippen molar-refractivity contribution in [3.63, 3.8) is 0 Å². The van der Waals surface area contributed by atoms with Crippen LogP contribution in [0.4, 0.5) is 5.69 Å². The highest BCUT2D eigenvalue weighted by Gasteiger charge is 1.97. The number of hydrogen-bond acceptors (Lipinski definition) is 1. The smallest absolute Gasteiger partial charge is 0.0595 e. The number of anilines is 1. The van der Waals surface area contributed by atoms with Gasteiger partial charge in [0.1, 0.15) is 0 Å². The highest BCUT2D eigenvalue weighted by Crippen LogP contribution is 2.21. The van der Waals surface area contributed by atoms with Gasteiger partial charge in [-0.3, -0.25) is 0 Å². The van der Waals surface area contributed by atoms with Gasteiger partial charge in [-0.2, -0.15) is 0 Å². The van der Waals surface area contributed by atoms with Crippen molar-refractivity contribution in [1.82, 2.24) is 4.98 Å². The number of aromatic amines is 1. The molecule has 0 aliphatic carbocycles. The van der Waals surface area contributed by atoms with E-state index in [1.165, 1.54) is 10.9 Å². The van der Waals surface area contributed by atoms with Gasteiger partial charge in [-0.15, -0.1) is 12.4 Å². The number of halogens is 1. The Morgan fingerprint density at radius 3 is 2.75 bits per heavy atom. The van der Waals surface area contributed by atoms with Gasteiger partial charge in [-0.25, -0.2) is 0 Å². The largest absolute Gasteiger partial charge is 0.386 e. The predicted octanol–water partition coefficient (Wildman–Crippen LogP) is 2.63. The highest BCUT2D eigenvalue weighted by atomic mass is 35.5. The Kier molecular flexibility index (Phi) is 2.61. The summed E-state index contributed by atoms with van der Waals surface area (Å²) in [5.74, 6) is 0. The molecule has 0 saturated heterocycles. The third kappa shape index (κ3) is 1.25. The molecule has 0 radical (unpaired) electrons. The van der Waals surface area contributed by atoms with Crippen molar-refractivity contribution < 1.29 is 0 Å². The zero-order chi connectivity index (χ0) is 7.68. The van der Waals surface area contributed by atoms with Gasteiger partial charge in [-0.05, 0) is 6.07 Å². The van der Waals surface area contributed by atoms with Crippen molar-refractivity contribution in [1.29, 1.82) is 0 Å². The van der Waals surface area contributed by atoms with Crippen LogP contribution in [0, 0.1) is 0 Å². The van der Waals surface area contributed by atoms with Gasteiger partial charge < -0.3 is 10.3 Å². The summed E-state index contributed by atoms with van der Waals surface area (Å²) in [4.78, 5) is 3.18. The molecule has 2 aromatic rings. The minimum absolute atomic E-state index is 0. The summed E-state index contributed by atoms with van der Waals surface area (Å²) < 4.78 is 0. The molecule has 64 valence electrons. The maximum atomic E-state index is 3.18. The average Bonchev–Trinajstić information content (AvgIpc) is 2.47. The first-order valence-corrected chi connectivity index (χ1v) is 3.65. The molecule has 3 heteroatoms. The fraction of sp³-hybridized carbons (Fsp3) is 0.111. The van der Waals surface area contributed by atoms with Crippen LogP contribution < -0.4 is 5.32 Å². The fourth-order valence-electron chi connectivity index (χ4n) is 1.28. The predicted molar refractivity (Wildman–Crippen MR) is 55.1 cm³/mol. The lowest BCUT2D eigenvalue weighted by Crippen LogP contribution is -1.83. The first kappa shape index (κ1) is 8.94. The van der Waals surface area contributed by atoms with Crippen LogP contribution in [-0.2, 0) is 0 Å². The fourth-order valence-corrected chi connectivity index (χ4v) is 1.28. The quantitative estimate of drug-likeness (QED) is 0.697. The van der Waals surface area contributed by atoms with Gasteiger partial charge in [0.05, 0.1) is 5.69 Å². The summed E-state index contributed by atoms with van der Waals surface area (Å²) in [5, 5.41) is 4.36. The van der Waals surface area contributed by atoms with E-state index in [-0.39, 0.29) is 12.4 Å². The maximum absolute atomic E-state index is 3.18. The number of rotatable bonds is 1. The highest BCUT2D eigenvalue weighted by molar-refractivity contribution is 5.92. The van der Waals surface area contributed by atoms with Gasteiger partial charge in [0.25, 0.3) is 0 Å². The Morgan fingerprint density at radius 2 is 2.00 bits per heavy atom. The number of nitrogens with one attached hydrogen (secondary N) is 2. The molecule has 0 atom stereocenters. The summed E-state index contributed by atoms with van der Waals surface area (Å²) in [7, 11) is 1.93. The Labute approximate surface area is 77.4 Å². The lowest BCUT2D eigenvalue weighted by Gasteiger charge is -1.93. The molecule has 2 N–H and O–H groups in total. The Morgan fingerprint density at radius 1 is 1.25 bits per heavy atom. The van der Waals surface area contributed by atoms with E-state index < -0.39 is 0 Å². The zero-order valence-electron chi connectivity index (χ0n) is 6.79. The zero-order valence-corrected chi connectivity index (χ0v) is 7.61. The van der Waals surface area contributed by atoms with Gasteiger partial charge in [-0.1, -0.05) is 18.2 Å². The molecule has 0 aliphatic rings. The standard InChI is InChI=1S/C9H10N2.ClH/c1-10-9-6-11-8-5-3-2-4-7(8)9;/h2-6,10-11H,1H3;1H. The van der Waals surface area contributed by atoms with Gasteiger partial charge in [0.2, 0.25) is 0 Å². The average molecular weight is 183 g/mol. The van der Waals surface area contributed by atoms with Crippen LogP contribution in [0.25, 0.3) is 10.9 Å². The first-order valence-electron chi connectivity index (χ1n) is 3.65. The number of para-hydroxylation sites is 1. The molecule has 0 amide bonds. The van der Waals surface area contributed by atoms with Crippen molar-refractivity contribution in [2.24, 2.45) is 0 Å². The van der Waals surface area contributed by atoms with E-state index >= 15 is 0 Å². The topological polar surface area (TPSA) is 27.8 Å². The van der Waals surface area contributed by atoms with E-state index in [1.54, 1.807) is 0 Å². The molecule has 0 saturated carbocycles. The summed E-state index contributed by atoms with van der Waals surface area (Å²) in [5.41, 5.74) is 2.33. The molecule has 1 heterocycles. The van der Waals surface area contributed by atoms with Crippen molar-refractivity contribution in [2.75, 3.05) is 12.4 Å². The second kappa shape index (κ2) is 3.50. The van der Waals surface area contributed by atoms with Gasteiger partial charge in [0, 0.05) is 24.1 Å². The monoisotopic (exact) mass is 182 g/mol. The van der Waals surface area contributed by atoms with Crippen molar-refractivity contribution in [3.8, 4) is 0 Å². The SMILES string of the molecule is CNc1c[nH]c2ccccc12.Cl. The van der Waals surface area contributed by atoms with Gasteiger partial charge in [0.15, 0.2) is 0 Å². The van der Waals surface area contributed by atoms with E-state index in [1.807, 2.05) is 25.4 Å². The van der Waals surface area contributed by atoms with E-state index in [2.05, 4.69) is 22.4 Å². The number of benzene rings is 1. The molecule has 2 nitrogen and oxygen atoms in total. The Bertz CT molecular complexity index is 367. The number of hydrogen-bond donors (Lipinski definition) is 2. The molecule has 1 aromatic carbocycles. The van der Waals surface area contributed by atoms with E-state index in [0.29, 0.717) is 0 Å². The minimum Gasteiger partial charge on any atom is -0.386 e. The number of H-pyrrole nitrogens is 1. The molecular formula is C9H11ClN2. The number of fused-ring (bicyclic) bond motifs is 1. The summed E-state index contributed by atoms with van der Waals surface area (Å²) in [6, 6.07) is 8.23. The van der Waals surface area contributed by atoms with E-state index in [0.717, 1.165) is 5.69 Å². The molecule has 0 bridgehead atoms. The van der Waals surface area contributed by atoms with Crippen LogP contribution in [-0.4, -0.2) is 12.0 Å². The summed E-state index contributed by atoms with van der Waals surface area (Å²) in [6.45, 7) is 0. The second-order valence-electron chi connectivity index (χ2n) is 2.50. The van der Waals surface area contributed by atoms with E-state index in [9.17, 15) is 0 Å². The molecule has 2 rings (SSSR count). The number of aromatic nitrogens is 1. The van der Waals surface area contributed by atoms with Crippen molar-refractivity contribution >= 4 is 29.0 Å². The van der Waals surface area contributed by atoms with Crippen molar-refractivity contribution in [2.45, 2.75) is 0 Å². The summed E-state index contributed by atoms with van der Waals surface area (Å²) >= 11 is 0. The molecule has 0 aliphatic heterocycles. The van der Waals surface area contributed by atoms with Crippen molar-refractivity contribution in [3.05, 3.63) is 30.5 Å². The lowest BCUT2D eigenvalue weighted by molar-refractivity contribution is 1.45. The molecule has 0 fully saturated rings. The normalized spacial score (nSPS) is 9.42. The molecular weight excluding hydrogens is 172 g/mol. The van der Waals surface area contributed by atoms with Crippen LogP contribution in [0.2, 0.25) is 0 Å².